The molecule has 0 aromatic carbocycles. The summed E-state index contributed by atoms with van der Waals surface area (Å²) in [6, 6.07) is 4.64. The fraction of sp³-hybridized carbons (Fsp3) is 0.368. The number of carbonyl (C=O) groups is 2. The van der Waals surface area contributed by atoms with Crippen molar-refractivity contribution in [2.24, 2.45) is 5.92 Å². The topological polar surface area (TPSA) is 81.2 Å². The molecule has 0 radical (unpaired) electrons. The van der Waals surface area contributed by atoms with Gasteiger partial charge in [0.2, 0.25) is 5.88 Å². The van der Waals surface area contributed by atoms with Crippen molar-refractivity contribution in [2.75, 3.05) is 6.61 Å². The van der Waals surface area contributed by atoms with Gasteiger partial charge in [-0.3, -0.25) is 14.6 Å². The predicted molar refractivity (Wildman–Crippen MR) is 100 cm³/mol. The van der Waals surface area contributed by atoms with Crippen LogP contribution in [0.25, 0.3) is 0 Å². The maximum absolute atomic E-state index is 12.4. The Labute approximate surface area is 173 Å². The Morgan fingerprint density at radius 2 is 2.00 bits per heavy atom. The van der Waals surface area contributed by atoms with E-state index < -0.39 is 12.8 Å². The Morgan fingerprint density at radius 3 is 2.66 bits per heavy atom. The molecule has 0 bridgehead atoms. The lowest BCUT2D eigenvalue weighted by Crippen LogP contribution is -2.23. The van der Waals surface area contributed by atoms with Crippen LogP contribution in [0.5, 0.6) is 5.88 Å². The zero-order chi connectivity index (χ0) is 21.0. The lowest BCUT2D eigenvalue weighted by molar-refractivity contribution is -0.154. The van der Waals surface area contributed by atoms with Crippen molar-refractivity contribution >= 4 is 27.6 Å². The minimum Gasteiger partial charge on any atom is -0.467 e. The molecule has 154 valence electrons. The van der Waals surface area contributed by atoms with Crippen LogP contribution in [0.1, 0.15) is 34.5 Å². The molecule has 0 saturated heterocycles. The lowest BCUT2D eigenvalue weighted by Gasteiger charge is -2.11. The number of aromatic nitrogens is 2. The van der Waals surface area contributed by atoms with Gasteiger partial charge in [-0.25, -0.2) is 4.98 Å². The Morgan fingerprint density at radius 1 is 1.24 bits per heavy atom. The molecule has 2 aromatic rings. The van der Waals surface area contributed by atoms with Gasteiger partial charge in [-0.1, -0.05) is 0 Å². The summed E-state index contributed by atoms with van der Waals surface area (Å²) >= 11 is 3.11. The van der Waals surface area contributed by atoms with Gasteiger partial charge in [0, 0.05) is 42.5 Å². The summed E-state index contributed by atoms with van der Waals surface area (Å²) in [7, 11) is 0. The molecule has 29 heavy (non-hydrogen) atoms. The van der Waals surface area contributed by atoms with Gasteiger partial charge < -0.3 is 10.1 Å². The summed E-state index contributed by atoms with van der Waals surface area (Å²) in [5.41, 5.74) is 1.49. The number of Topliss-reactive ketones (excluding diaryl/α,β-unsaturated/α-hetero) is 1. The lowest BCUT2D eigenvalue weighted by atomic mass is 10.1. The van der Waals surface area contributed by atoms with Crippen molar-refractivity contribution in [3.8, 4) is 5.88 Å². The molecule has 1 N–H and O–H groups in total. The van der Waals surface area contributed by atoms with Crippen molar-refractivity contribution in [1.29, 1.82) is 0 Å². The summed E-state index contributed by atoms with van der Waals surface area (Å²) < 4.78 is 41.5. The van der Waals surface area contributed by atoms with Crippen LogP contribution in [0.4, 0.5) is 13.2 Å². The average Bonchev–Trinajstić information content (AvgIpc) is 3.50. The van der Waals surface area contributed by atoms with Crippen LogP contribution < -0.4 is 10.1 Å². The van der Waals surface area contributed by atoms with Crippen molar-refractivity contribution in [1.82, 2.24) is 15.3 Å². The third kappa shape index (κ3) is 6.52. The quantitative estimate of drug-likeness (QED) is 0.635. The Kier molecular flexibility index (Phi) is 6.51. The Balaban J connectivity index is 1.56. The number of pyridine rings is 2. The molecule has 2 heterocycles. The highest BCUT2D eigenvalue weighted by Crippen LogP contribution is 2.30. The minimum absolute atomic E-state index is 0.114. The van der Waals surface area contributed by atoms with Gasteiger partial charge in [-0.2, -0.15) is 13.2 Å². The van der Waals surface area contributed by atoms with Gasteiger partial charge in [0.1, 0.15) is 5.78 Å². The molecule has 3 rings (SSSR count). The molecule has 2 aromatic heterocycles. The van der Waals surface area contributed by atoms with E-state index in [1.54, 1.807) is 12.1 Å². The fourth-order valence-corrected chi connectivity index (χ4v) is 3.06. The molecule has 1 fully saturated rings. The number of hydrogen-bond donors (Lipinski definition) is 1. The maximum Gasteiger partial charge on any atom is 0.422 e. The van der Waals surface area contributed by atoms with Gasteiger partial charge in [-0.15, -0.1) is 0 Å². The number of carbonyl (C=O) groups excluding carboxylic acids is 2. The van der Waals surface area contributed by atoms with Crippen LogP contribution in [-0.2, 0) is 17.8 Å². The third-order valence-corrected chi connectivity index (χ3v) is 4.72. The molecule has 0 spiro atoms. The summed E-state index contributed by atoms with van der Waals surface area (Å²) in [4.78, 5) is 32.2. The second-order valence-electron chi connectivity index (χ2n) is 6.67. The van der Waals surface area contributed by atoms with E-state index in [0.717, 1.165) is 12.8 Å². The zero-order valence-corrected chi connectivity index (χ0v) is 16.7. The van der Waals surface area contributed by atoms with Crippen LogP contribution in [0.15, 0.2) is 35.1 Å². The number of hydrogen-bond acceptors (Lipinski definition) is 5. The molecule has 6 nitrogen and oxygen atoms in total. The average molecular weight is 472 g/mol. The van der Waals surface area contributed by atoms with Crippen LogP contribution in [0, 0.1) is 5.92 Å². The fourth-order valence-electron chi connectivity index (χ4n) is 2.55. The van der Waals surface area contributed by atoms with E-state index in [2.05, 4.69) is 36.0 Å². The molecule has 1 aliphatic carbocycles. The van der Waals surface area contributed by atoms with Crippen molar-refractivity contribution < 1.29 is 27.5 Å². The first-order valence-corrected chi connectivity index (χ1v) is 9.60. The summed E-state index contributed by atoms with van der Waals surface area (Å²) in [6.45, 7) is -1.33. The van der Waals surface area contributed by atoms with E-state index in [0.29, 0.717) is 16.8 Å². The molecular weight excluding hydrogens is 455 g/mol. The molecule has 1 amide bonds. The second-order valence-corrected chi connectivity index (χ2v) is 7.52. The maximum atomic E-state index is 12.4. The smallest absolute Gasteiger partial charge is 0.422 e. The number of amides is 1. The van der Waals surface area contributed by atoms with Gasteiger partial charge in [0.15, 0.2) is 6.61 Å². The Bertz CT molecular complexity index is 917. The van der Waals surface area contributed by atoms with E-state index in [1.807, 2.05) is 0 Å². The predicted octanol–water partition coefficient (Wildman–Crippen LogP) is 3.63. The Hall–Kier alpha value is -2.49. The van der Waals surface area contributed by atoms with Gasteiger partial charge in [-0.05, 0) is 52.5 Å². The summed E-state index contributed by atoms with van der Waals surface area (Å²) in [5, 5.41) is 2.70. The highest BCUT2D eigenvalue weighted by atomic mass is 79.9. The first kappa shape index (κ1) is 21.2. The van der Waals surface area contributed by atoms with Crippen LogP contribution in [-0.4, -0.2) is 34.4 Å². The van der Waals surface area contributed by atoms with E-state index in [9.17, 15) is 22.8 Å². The molecule has 1 saturated carbocycles. The summed E-state index contributed by atoms with van der Waals surface area (Å²) in [5.74, 6) is -0.278. The third-order valence-electron chi connectivity index (χ3n) is 4.16. The van der Waals surface area contributed by atoms with Crippen molar-refractivity contribution in [3.05, 3.63) is 51.9 Å². The minimum atomic E-state index is -4.46. The molecule has 0 unspecified atom stereocenters. The first-order chi connectivity index (χ1) is 13.7. The van der Waals surface area contributed by atoms with E-state index >= 15 is 0 Å². The molecule has 0 aliphatic heterocycles. The normalized spacial score (nSPS) is 13.8. The zero-order valence-electron chi connectivity index (χ0n) is 15.1. The second kappa shape index (κ2) is 8.89. The van der Waals surface area contributed by atoms with E-state index in [-0.39, 0.29) is 40.9 Å². The van der Waals surface area contributed by atoms with Crippen LogP contribution in [0.2, 0.25) is 0 Å². The van der Waals surface area contributed by atoms with Gasteiger partial charge in [0.05, 0.1) is 4.47 Å². The molecule has 10 heteroatoms. The SMILES string of the molecule is O=C(NCc1cnc(OCC(F)(F)F)c(Br)c1)c1ccnc(CC(=O)C2CC2)c1. The van der Waals surface area contributed by atoms with Gasteiger partial charge >= 0.3 is 6.18 Å². The molecule has 0 atom stereocenters. The highest BCUT2D eigenvalue weighted by Gasteiger charge is 2.30. The van der Waals surface area contributed by atoms with Crippen molar-refractivity contribution in [2.45, 2.75) is 32.0 Å². The highest BCUT2D eigenvalue weighted by molar-refractivity contribution is 9.10. The number of nitrogens with one attached hydrogen (secondary N) is 1. The standard InChI is InChI=1S/C19H17BrF3N3O3/c20-15-5-11(9-26-18(15)29-10-19(21,22)23)8-25-17(28)13-3-4-24-14(6-13)7-16(27)12-1-2-12/h3-6,9,12H,1-2,7-8,10H2,(H,25,28). The van der Waals surface area contributed by atoms with E-state index in [1.165, 1.54) is 18.5 Å². The number of alkyl halides is 3. The van der Waals surface area contributed by atoms with Gasteiger partial charge in [0.25, 0.3) is 5.91 Å². The molecule has 1 aliphatic rings. The number of rotatable bonds is 8. The van der Waals surface area contributed by atoms with Crippen LogP contribution in [0.3, 0.4) is 0 Å². The van der Waals surface area contributed by atoms with E-state index in [4.69, 9.17) is 0 Å². The van der Waals surface area contributed by atoms with Crippen LogP contribution >= 0.6 is 15.9 Å². The summed E-state index contributed by atoms with van der Waals surface area (Å²) in [6.07, 6.45) is 0.395. The molecular formula is C19H17BrF3N3O3. The monoisotopic (exact) mass is 471 g/mol. The number of ketones is 1. The number of ether oxygens (including phenoxy) is 1. The number of nitrogens with zero attached hydrogens (tertiary/aromatic N) is 2. The van der Waals surface area contributed by atoms with Crippen molar-refractivity contribution in [3.63, 3.8) is 0 Å². The largest absolute Gasteiger partial charge is 0.467 e. The number of halogens is 4. The first-order valence-electron chi connectivity index (χ1n) is 8.81.